The fourth-order valence-electron chi connectivity index (χ4n) is 2.30. The fourth-order valence-corrected chi connectivity index (χ4v) is 2.30. The highest BCUT2D eigenvalue weighted by Gasteiger charge is 2.38. The highest BCUT2D eigenvalue weighted by Crippen LogP contribution is 2.29. The molecule has 1 N–H and O–H groups in total. The summed E-state index contributed by atoms with van der Waals surface area (Å²) < 4.78 is 7.23. The SMILES string of the molecule is Cn1cc(NCC2(C#N)COC2)c2ccccc21. The Balaban J connectivity index is 1.85. The van der Waals surface area contributed by atoms with Crippen molar-refractivity contribution in [2.45, 2.75) is 0 Å². The van der Waals surface area contributed by atoms with Crippen LogP contribution in [0, 0.1) is 16.7 Å². The van der Waals surface area contributed by atoms with Gasteiger partial charge in [-0.05, 0) is 6.07 Å². The van der Waals surface area contributed by atoms with E-state index in [2.05, 4.69) is 34.3 Å². The molecule has 0 radical (unpaired) electrons. The number of hydrogen-bond donors (Lipinski definition) is 1. The Kier molecular flexibility index (Phi) is 2.49. The molecular weight excluding hydrogens is 226 g/mol. The van der Waals surface area contributed by atoms with E-state index in [1.54, 1.807) is 0 Å². The van der Waals surface area contributed by atoms with E-state index in [4.69, 9.17) is 10.00 Å². The molecule has 92 valence electrons. The van der Waals surface area contributed by atoms with Gasteiger partial charge >= 0.3 is 0 Å². The molecular formula is C14H15N3O. The smallest absolute Gasteiger partial charge is 0.121 e. The maximum Gasteiger partial charge on any atom is 0.121 e. The van der Waals surface area contributed by atoms with Crippen LogP contribution in [0.3, 0.4) is 0 Å². The van der Waals surface area contributed by atoms with E-state index in [0.29, 0.717) is 19.8 Å². The first-order valence-electron chi connectivity index (χ1n) is 6.01. The lowest BCUT2D eigenvalue weighted by molar-refractivity contribution is -0.0690. The number of nitrogens with one attached hydrogen (secondary N) is 1. The first kappa shape index (κ1) is 11.1. The number of benzene rings is 1. The number of nitrogens with zero attached hydrogens (tertiary/aromatic N) is 2. The molecule has 0 amide bonds. The first-order valence-corrected chi connectivity index (χ1v) is 6.01. The van der Waals surface area contributed by atoms with E-state index >= 15 is 0 Å². The summed E-state index contributed by atoms with van der Waals surface area (Å²) in [6.07, 6.45) is 2.06. The van der Waals surface area contributed by atoms with Gasteiger partial charge < -0.3 is 14.6 Å². The summed E-state index contributed by atoms with van der Waals surface area (Å²) in [5, 5.41) is 13.7. The lowest BCUT2D eigenvalue weighted by atomic mass is 9.88. The molecule has 0 saturated carbocycles. The topological polar surface area (TPSA) is 50.0 Å². The Labute approximate surface area is 106 Å². The van der Waals surface area contributed by atoms with Crippen LogP contribution in [0.5, 0.6) is 0 Å². The quantitative estimate of drug-likeness (QED) is 0.895. The number of aromatic nitrogens is 1. The molecule has 1 fully saturated rings. The van der Waals surface area contributed by atoms with Gasteiger partial charge in [0.25, 0.3) is 0 Å². The number of ether oxygens (including phenoxy) is 1. The third-order valence-electron chi connectivity index (χ3n) is 3.51. The maximum atomic E-state index is 9.16. The molecule has 2 heterocycles. The highest BCUT2D eigenvalue weighted by molar-refractivity contribution is 5.92. The van der Waals surface area contributed by atoms with Crippen LogP contribution in [0.2, 0.25) is 0 Å². The van der Waals surface area contributed by atoms with E-state index in [1.807, 2.05) is 19.2 Å². The zero-order valence-electron chi connectivity index (χ0n) is 10.3. The summed E-state index contributed by atoms with van der Waals surface area (Å²) in [7, 11) is 2.03. The Morgan fingerprint density at radius 1 is 1.44 bits per heavy atom. The maximum absolute atomic E-state index is 9.16. The van der Waals surface area contributed by atoms with Gasteiger partial charge in [0.2, 0.25) is 0 Å². The van der Waals surface area contributed by atoms with Crippen LogP contribution in [-0.2, 0) is 11.8 Å². The van der Waals surface area contributed by atoms with E-state index in [9.17, 15) is 0 Å². The molecule has 4 heteroatoms. The number of rotatable bonds is 3. The Morgan fingerprint density at radius 2 is 2.22 bits per heavy atom. The molecule has 0 spiro atoms. The summed E-state index contributed by atoms with van der Waals surface area (Å²) in [4.78, 5) is 0. The van der Waals surface area contributed by atoms with Crippen LogP contribution in [-0.4, -0.2) is 24.3 Å². The first-order chi connectivity index (χ1) is 8.74. The number of anilines is 1. The summed E-state index contributed by atoms with van der Waals surface area (Å²) in [5.74, 6) is 0. The van der Waals surface area contributed by atoms with Gasteiger partial charge in [-0.2, -0.15) is 5.26 Å². The fraction of sp³-hybridized carbons (Fsp3) is 0.357. The second-order valence-corrected chi connectivity index (χ2v) is 4.91. The molecule has 3 rings (SSSR count). The zero-order chi connectivity index (χ0) is 12.6. The largest absolute Gasteiger partial charge is 0.382 e. The lowest BCUT2D eigenvalue weighted by Gasteiger charge is -2.35. The van der Waals surface area contributed by atoms with Crippen LogP contribution >= 0.6 is 0 Å². The van der Waals surface area contributed by atoms with Crippen molar-refractivity contribution in [1.82, 2.24) is 4.57 Å². The molecule has 2 aromatic rings. The minimum Gasteiger partial charge on any atom is -0.382 e. The molecule has 1 aliphatic rings. The number of hydrogen-bond acceptors (Lipinski definition) is 3. The minimum atomic E-state index is -0.350. The molecule has 4 nitrogen and oxygen atoms in total. The average Bonchev–Trinajstić information content (AvgIpc) is 2.67. The summed E-state index contributed by atoms with van der Waals surface area (Å²) >= 11 is 0. The summed E-state index contributed by atoms with van der Waals surface area (Å²) in [5.41, 5.74) is 1.92. The Bertz CT molecular complexity index is 619. The molecule has 0 atom stereocenters. The van der Waals surface area contributed by atoms with Crippen molar-refractivity contribution < 1.29 is 4.74 Å². The Hall–Kier alpha value is -1.99. The van der Waals surface area contributed by atoms with Crippen LogP contribution < -0.4 is 5.32 Å². The van der Waals surface area contributed by atoms with E-state index in [-0.39, 0.29) is 5.41 Å². The van der Waals surface area contributed by atoms with Crippen LogP contribution in [0.1, 0.15) is 0 Å². The molecule has 1 aliphatic heterocycles. The van der Waals surface area contributed by atoms with Crippen LogP contribution in [0.15, 0.2) is 30.5 Å². The molecule has 1 saturated heterocycles. The second-order valence-electron chi connectivity index (χ2n) is 4.91. The van der Waals surface area contributed by atoms with Crippen molar-refractivity contribution in [2.24, 2.45) is 12.5 Å². The summed E-state index contributed by atoms with van der Waals surface area (Å²) in [6, 6.07) is 10.6. The van der Waals surface area contributed by atoms with Crippen LogP contribution in [0.4, 0.5) is 5.69 Å². The van der Waals surface area contributed by atoms with Crippen LogP contribution in [0.25, 0.3) is 10.9 Å². The Morgan fingerprint density at radius 3 is 2.89 bits per heavy atom. The van der Waals surface area contributed by atoms with E-state index in [1.165, 1.54) is 10.9 Å². The molecule has 0 aliphatic carbocycles. The van der Waals surface area contributed by atoms with Crippen molar-refractivity contribution in [2.75, 3.05) is 25.1 Å². The predicted octanol–water partition coefficient (Wildman–Crippen LogP) is 2.13. The lowest BCUT2D eigenvalue weighted by Crippen LogP contribution is -2.46. The number of aryl methyl sites for hydroxylation is 1. The third-order valence-corrected chi connectivity index (χ3v) is 3.51. The van der Waals surface area contributed by atoms with Crippen molar-refractivity contribution in [3.05, 3.63) is 30.5 Å². The van der Waals surface area contributed by atoms with Crippen molar-refractivity contribution in [1.29, 1.82) is 5.26 Å². The van der Waals surface area contributed by atoms with Gasteiger partial charge in [0, 0.05) is 30.7 Å². The van der Waals surface area contributed by atoms with Gasteiger partial charge in [-0.1, -0.05) is 18.2 Å². The molecule has 1 aromatic carbocycles. The van der Waals surface area contributed by atoms with Crippen molar-refractivity contribution in [3.63, 3.8) is 0 Å². The molecule has 0 unspecified atom stereocenters. The van der Waals surface area contributed by atoms with Gasteiger partial charge in [0.15, 0.2) is 0 Å². The third kappa shape index (κ3) is 1.64. The van der Waals surface area contributed by atoms with Crippen molar-refractivity contribution in [3.8, 4) is 6.07 Å². The monoisotopic (exact) mass is 241 g/mol. The predicted molar refractivity (Wildman–Crippen MR) is 70.3 cm³/mol. The van der Waals surface area contributed by atoms with Gasteiger partial charge in [-0.3, -0.25) is 0 Å². The molecule has 18 heavy (non-hydrogen) atoms. The molecule has 0 bridgehead atoms. The summed E-state index contributed by atoms with van der Waals surface area (Å²) in [6.45, 7) is 1.69. The number of para-hydroxylation sites is 1. The van der Waals surface area contributed by atoms with Gasteiger partial charge in [-0.25, -0.2) is 0 Å². The standard InChI is InChI=1S/C14H15N3O/c1-17-6-12(11-4-2-3-5-13(11)17)16-8-14(7-15)9-18-10-14/h2-6,16H,8-10H2,1H3. The minimum absolute atomic E-state index is 0.350. The van der Waals surface area contributed by atoms with Gasteiger partial charge in [-0.15, -0.1) is 0 Å². The second kappa shape index (κ2) is 4.04. The van der Waals surface area contributed by atoms with E-state index in [0.717, 1.165) is 5.69 Å². The average molecular weight is 241 g/mol. The van der Waals surface area contributed by atoms with Crippen molar-refractivity contribution >= 4 is 16.6 Å². The zero-order valence-corrected chi connectivity index (χ0v) is 10.3. The highest BCUT2D eigenvalue weighted by atomic mass is 16.5. The normalized spacial score (nSPS) is 17.1. The number of fused-ring (bicyclic) bond motifs is 1. The molecule has 1 aromatic heterocycles. The van der Waals surface area contributed by atoms with E-state index < -0.39 is 0 Å². The van der Waals surface area contributed by atoms with Gasteiger partial charge in [0.1, 0.15) is 5.41 Å². The van der Waals surface area contributed by atoms with Gasteiger partial charge in [0.05, 0.1) is 25.0 Å². The number of nitriles is 1.